The van der Waals surface area contributed by atoms with E-state index >= 15 is 0 Å². The fourth-order valence-corrected chi connectivity index (χ4v) is 3.09. The Kier molecular flexibility index (Phi) is 7.10. The predicted molar refractivity (Wildman–Crippen MR) is 109 cm³/mol. The molecule has 1 amide bonds. The number of ether oxygens (including phenoxy) is 1. The highest BCUT2D eigenvalue weighted by Gasteiger charge is 2.30. The van der Waals surface area contributed by atoms with E-state index in [0.29, 0.717) is 16.9 Å². The Morgan fingerprint density at radius 1 is 1.06 bits per heavy atom. The molecule has 0 aliphatic rings. The third-order valence-electron chi connectivity index (χ3n) is 4.74. The number of alkyl halides is 3. The van der Waals surface area contributed by atoms with E-state index in [1.165, 1.54) is 41.1 Å². The molecule has 0 saturated carbocycles. The van der Waals surface area contributed by atoms with Gasteiger partial charge in [0.1, 0.15) is 12.4 Å². The van der Waals surface area contributed by atoms with Crippen molar-refractivity contribution in [3.63, 3.8) is 0 Å². The lowest BCUT2D eigenvalue weighted by molar-refractivity contribution is -0.144. The summed E-state index contributed by atoms with van der Waals surface area (Å²) in [5, 5.41) is 7.84. The van der Waals surface area contributed by atoms with Crippen molar-refractivity contribution in [2.75, 3.05) is 13.2 Å². The molecule has 3 aromatic rings. The molecule has 0 aliphatic heterocycles. The molecular formula is C22H20F4N4O3. The maximum Gasteiger partial charge on any atom is 0.416 e. The summed E-state index contributed by atoms with van der Waals surface area (Å²) in [4.78, 5) is 26.4. The summed E-state index contributed by atoms with van der Waals surface area (Å²) in [5.41, 5.74) is 0.306. The molecule has 11 heteroatoms. The van der Waals surface area contributed by atoms with Gasteiger partial charge in [-0.2, -0.15) is 13.2 Å². The molecule has 0 unspecified atom stereocenters. The third kappa shape index (κ3) is 5.73. The lowest BCUT2D eigenvalue weighted by atomic mass is 10.1. The van der Waals surface area contributed by atoms with Gasteiger partial charge in [0.15, 0.2) is 5.69 Å². The smallest absolute Gasteiger partial charge is 0.416 e. The maximum atomic E-state index is 13.2. The molecule has 0 bridgehead atoms. The number of halogens is 4. The van der Waals surface area contributed by atoms with Crippen LogP contribution in [0.15, 0.2) is 48.5 Å². The standard InChI is InChI=1S/C22H20F4N4O3/c1-3-33-19(31)13-29(12-15-4-6-16(7-5-15)22(24,25)26)21(32)20-14(2)30(28-27-20)18-10-8-17(23)9-11-18/h4-11H,3,12-13H2,1-2H3. The average molecular weight is 464 g/mol. The van der Waals surface area contributed by atoms with Gasteiger partial charge in [-0.25, -0.2) is 9.07 Å². The first-order valence-corrected chi connectivity index (χ1v) is 9.89. The lowest BCUT2D eigenvalue weighted by Crippen LogP contribution is -2.36. The van der Waals surface area contributed by atoms with E-state index in [0.717, 1.165) is 17.0 Å². The molecule has 0 atom stereocenters. The Morgan fingerprint density at radius 3 is 2.27 bits per heavy atom. The third-order valence-corrected chi connectivity index (χ3v) is 4.74. The van der Waals surface area contributed by atoms with Gasteiger partial charge in [0.25, 0.3) is 5.91 Å². The van der Waals surface area contributed by atoms with Crippen LogP contribution in [-0.2, 0) is 22.3 Å². The number of esters is 1. The van der Waals surface area contributed by atoms with E-state index in [9.17, 15) is 27.2 Å². The summed E-state index contributed by atoms with van der Waals surface area (Å²) in [6.07, 6.45) is -4.49. The fraction of sp³-hybridized carbons (Fsp3) is 0.273. The molecule has 1 heterocycles. The van der Waals surface area contributed by atoms with Crippen molar-refractivity contribution in [1.29, 1.82) is 0 Å². The van der Waals surface area contributed by atoms with Gasteiger partial charge < -0.3 is 9.64 Å². The second kappa shape index (κ2) is 9.80. The van der Waals surface area contributed by atoms with Gasteiger partial charge in [0.05, 0.1) is 23.6 Å². The Balaban J connectivity index is 1.88. The summed E-state index contributed by atoms with van der Waals surface area (Å²) >= 11 is 0. The molecular weight excluding hydrogens is 444 g/mol. The van der Waals surface area contributed by atoms with E-state index in [1.54, 1.807) is 13.8 Å². The molecule has 33 heavy (non-hydrogen) atoms. The molecule has 0 spiro atoms. The van der Waals surface area contributed by atoms with Gasteiger partial charge in [0, 0.05) is 6.54 Å². The molecule has 0 saturated heterocycles. The van der Waals surface area contributed by atoms with Gasteiger partial charge in [-0.3, -0.25) is 9.59 Å². The van der Waals surface area contributed by atoms with Crippen molar-refractivity contribution in [2.24, 2.45) is 0 Å². The Bertz CT molecular complexity index is 1130. The van der Waals surface area contributed by atoms with Crippen molar-refractivity contribution in [3.8, 4) is 5.69 Å². The lowest BCUT2D eigenvalue weighted by Gasteiger charge is -2.21. The highest BCUT2D eigenvalue weighted by molar-refractivity contribution is 5.95. The second-order valence-corrected chi connectivity index (χ2v) is 7.07. The van der Waals surface area contributed by atoms with E-state index in [2.05, 4.69) is 10.3 Å². The van der Waals surface area contributed by atoms with Crippen LogP contribution in [0.25, 0.3) is 5.69 Å². The average Bonchev–Trinajstić information content (AvgIpc) is 3.14. The topological polar surface area (TPSA) is 77.3 Å². The molecule has 0 aliphatic carbocycles. The number of aromatic nitrogens is 3. The van der Waals surface area contributed by atoms with Crippen LogP contribution in [0.5, 0.6) is 0 Å². The van der Waals surface area contributed by atoms with Gasteiger partial charge in [-0.05, 0) is 55.8 Å². The first-order valence-electron chi connectivity index (χ1n) is 9.89. The highest BCUT2D eigenvalue weighted by Crippen LogP contribution is 2.29. The fourth-order valence-electron chi connectivity index (χ4n) is 3.09. The van der Waals surface area contributed by atoms with Gasteiger partial charge in [-0.15, -0.1) is 5.10 Å². The minimum atomic E-state index is -4.49. The number of hydrogen-bond donors (Lipinski definition) is 0. The number of carbonyl (C=O) groups is 2. The Morgan fingerprint density at radius 2 is 1.70 bits per heavy atom. The second-order valence-electron chi connectivity index (χ2n) is 7.07. The molecule has 1 aromatic heterocycles. The number of carbonyl (C=O) groups excluding carboxylic acids is 2. The molecule has 0 radical (unpaired) electrons. The first-order chi connectivity index (χ1) is 15.6. The molecule has 174 valence electrons. The summed E-state index contributed by atoms with van der Waals surface area (Å²) < 4.78 is 58.0. The Labute approximate surface area is 186 Å². The molecule has 3 rings (SSSR count). The van der Waals surface area contributed by atoms with Crippen LogP contribution in [0, 0.1) is 12.7 Å². The highest BCUT2D eigenvalue weighted by atomic mass is 19.4. The monoisotopic (exact) mass is 464 g/mol. The van der Waals surface area contributed by atoms with Crippen LogP contribution in [-0.4, -0.2) is 44.9 Å². The van der Waals surface area contributed by atoms with Crippen LogP contribution in [0.2, 0.25) is 0 Å². The number of rotatable bonds is 7. The molecule has 2 aromatic carbocycles. The van der Waals surface area contributed by atoms with Crippen molar-refractivity contribution < 1.29 is 31.9 Å². The van der Waals surface area contributed by atoms with Crippen LogP contribution >= 0.6 is 0 Å². The van der Waals surface area contributed by atoms with E-state index < -0.39 is 36.0 Å². The van der Waals surface area contributed by atoms with Gasteiger partial charge in [0.2, 0.25) is 0 Å². The van der Waals surface area contributed by atoms with Crippen LogP contribution in [0.3, 0.4) is 0 Å². The van der Waals surface area contributed by atoms with Crippen molar-refractivity contribution in [2.45, 2.75) is 26.6 Å². The van der Waals surface area contributed by atoms with Crippen LogP contribution in [0.1, 0.15) is 34.2 Å². The van der Waals surface area contributed by atoms with Gasteiger partial charge in [-0.1, -0.05) is 17.3 Å². The molecule has 7 nitrogen and oxygen atoms in total. The molecule has 0 N–H and O–H groups in total. The Hall–Kier alpha value is -3.76. The number of benzene rings is 2. The minimum Gasteiger partial charge on any atom is -0.465 e. The zero-order chi connectivity index (χ0) is 24.2. The normalized spacial score (nSPS) is 11.3. The van der Waals surface area contributed by atoms with Gasteiger partial charge >= 0.3 is 12.1 Å². The SMILES string of the molecule is CCOC(=O)CN(Cc1ccc(C(F)(F)F)cc1)C(=O)c1nnn(-c2ccc(F)cc2)c1C. The number of amides is 1. The largest absolute Gasteiger partial charge is 0.465 e. The number of nitrogens with zero attached hydrogens (tertiary/aromatic N) is 4. The zero-order valence-corrected chi connectivity index (χ0v) is 17.8. The summed E-state index contributed by atoms with van der Waals surface area (Å²) in [7, 11) is 0. The van der Waals surface area contributed by atoms with E-state index in [4.69, 9.17) is 4.74 Å². The minimum absolute atomic E-state index is 0.0597. The van der Waals surface area contributed by atoms with E-state index in [1.807, 2.05) is 0 Å². The van der Waals surface area contributed by atoms with Crippen LogP contribution < -0.4 is 0 Å². The number of hydrogen-bond acceptors (Lipinski definition) is 5. The zero-order valence-electron chi connectivity index (χ0n) is 17.8. The van der Waals surface area contributed by atoms with Crippen molar-refractivity contribution in [3.05, 3.63) is 76.9 Å². The van der Waals surface area contributed by atoms with Crippen molar-refractivity contribution in [1.82, 2.24) is 19.9 Å². The molecule has 0 fully saturated rings. The van der Waals surface area contributed by atoms with Crippen LogP contribution in [0.4, 0.5) is 17.6 Å². The summed E-state index contributed by atoms with van der Waals surface area (Å²) in [6, 6.07) is 9.66. The quantitative estimate of drug-likeness (QED) is 0.391. The summed E-state index contributed by atoms with van der Waals surface area (Å²) in [6.45, 7) is 2.70. The summed E-state index contributed by atoms with van der Waals surface area (Å²) in [5.74, 6) is -1.78. The predicted octanol–water partition coefficient (Wildman–Crippen LogP) is 3.94. The van der Waals surface area contributed by atoms with Crippen molar-refractivity contribution >= 4 is 11.9 Å². The maximum absolute atomic E-state index is 13.2. The first kappa shape index (κ1) is 23.9. The van der Waals surface area contributed by atoms with E-state index in [-0.39, 0.29) is 18.8 Å².